The highest BCUT2D eigenvalue weighted by molar-refractivity contribution is 5.25. The van der Waals surface area contributed by atoms with Crippen molar-refractivity contribution < 1.29 is 0 Å². The van der Waals surface area contributed by atoms with Crippen LogP contribution in [0.2, 0.25) is 0 Å². The third kappa shape index (κ3) is 4.14. The molecule has 0 radical (unpaired) electrons. The Balaban J connectivity index is 1.63. The Morgan fingerprint density at radius 2 is 1.58 bits per heavy atom. The highest BCUT2D eigenvalue weighted by Crippen LogP contribution is 2.19. The van der Waals surface area contributed by atoms with Gasteiger partial charge in [0.2, 0.25) is 0 Å². The molecule has 0 fully saturated rings. The Bertz CT molecular complexity index is 754. The molecule has 1 unspecified atom stereocenters. The van der Waals surface area contributed by atoms with Crippen LogP contribution in [-0.2, 0) is 13.0 Å². The highest BCUT2D eigenvalue weighted by atomic mass is 15.0. The zero-order chi connectivity index (χ0) is 16.9. The van der Waals surface area contributed by atoms with Crippen LogP contribution in [-0.4, -0.2) is 9.55 Å². The molecule has 0 spiro atoms. The van der Waals surface area contributed by atoms with Crippen LogP contribution < -0.4 is 0 Å². The van der Waals surface area contributed by atoms with Crippen molar-refractivity contribution >= 4 is 0 Å². The van der Waals surface area contributed by atoms with E-state index in [1.54, 1.807) is 0 Å². The van der Waals surface area contributed by atoms with Crippen LogP contribution in [0.1, 0.15) is 55.0 Å². The minimum absolute atomic E-state index is 0.486. The van der Waals surface area contributed by atoms with Gasteiger partial charge in [0.25, 0.3) is 0 Å². The molecule has 0 bridgehead atoms. The first kappa shape index (κ1) is 16.5. The van der Waals surface area contributed by atoms with E-state index in [9.17, 15) is 0 Å². The lowest BCUT2D eigenvalue weighted by Gasteiger charge is -2.09. The van der Waals surface area contributed by atoms with Crippen molar-refractivity contribution in [2.24, 2.45) is 0 Å². The van der Waals surface area contributed by atoms with E-state index in [0.29, 0.717) is 11.8 Å². The predicted molar refractivity (Wildman–Crippen MR) is 100 cm³/mol. The third-order valence-corrected chi connectivity index (χ3v) is 4.58. The van der Waals surface area contributed by atoms with Crippen LogP contribution in [0.25, 0.3) is 0 Å². The lowest BCUT2D eigenvalue weighted by atomic mass is 9.97. The van der Waals surface area contributed by atoms with Crippen LogP contribution in [0.15, 0.2) is 67.1 Å². The fraction of sp³-hybridized carbons (Fsp3) is 0.318. The summed E-state index contributed by atoms with van der Waals surface area (Å²) in [5.41, 5.74) is 5.24. The highest BCUT2D eigenvalue weighted by Gasteiger charge is 2.08. The molecule has 24 heavy (non-hydrogen) atoms. The van der Waals surface area contributed by atoms with Gasteiger partial charge in [0.15, 0.2) is 0 Å². The Morgan fingerprint density at radius 3 is 2.25 bits per heavy atom. The molecule has 0 saturated carbocycles. The maximum absolute atomic E-state index is 4.59. The van der Waals surface area contributed by atoms with Gasteiger partial charge in [-0.05, 0) is 34.9 Å². The summed E-state index contributed by atoms with van der Waals surface area (Å²) in [6, 6.07) is 19.6. The second kappa shape index (κ2) is 7.48. The van der Waals surface area contributed by atoms with E-state index in [1.807, 2.05) is 6.33 Å². The van der Waals surface area contributed by atoms with Crippen molar-refractivity contribution in [3.63, 3.8) is 0 Å². The normalized spacial score (nSPS) is 12.5. The Labute approximate surface area is 145 Å². The molecule has 0 N–H and O–H groups in total. The first-order chi connectivity index (χ1) is 11.6. The summed E-state index contributed by atoms with van der Waals surface area (Å²) >= 11 is 0. The van der Waals surface area contributed by atoms with Crippen molar-refractivity contribution in [1.82, 2.24) is 9.55 Å². The molecule has 0 aliphatic heterocycles. The minimum Gasteiger partial charge on any atom is -0.333 e. The number of aromatic nitrogens is 2. The average molecular weight is 318 g/mol. The van der Waals surface area contributed by atoms with Gasteiger partial charge in [-0.25, -0.2) is 4.98 Å². The second-order valence-corrected chi connectivity index (χ2v) is 6.95. The molecule has 0 aliphatic rings. The molecule has 0 amide bonds. The fourth-order valence-corrected chi connectivity index (χ4v) is 3.03. The van der Waals surface area contributed by atoms with Gasteiger partial charge in [-0.2, -0.15) is 0 Å². The molecule has 2 aromatic carbocycles. The van der Waals surface area contributed by atoms with E-state index in [4.69, 9.17) is 0 Å². The van der Waals surface area contributed by atoms with Crippen LogP contribution in [0.3, 0.4) is 0 Å². The predicted octanol–water partition coefficient (Wildman–Crippen LogP) is 5.40. The molecule has 124 valence electrons. The van der Waals surface area contributed by atoms with Gasteiger partial charge in [-0.15, -0.1) is 0 Å². The third-order valence-electron chi connectivity index (χ3n) is 4.58. The van der Waals surface area contributed by atoms with E-state index < -0.39 is 0 Å². The summed E-state index contributed by atoms with van der Waals surface area (Å²) in [4.78, 5) is 4.59. The summed E-state index contributed by atoms with van der Waals surface area (Å²) < 4.78 is 2.18. The van der Waals surface area contributed by atoms with Crippen LogP contribution in [0.5, 0.6) is 0 Å². The van der Waals surface area contributed by atoms with Gasteiger partial charge < -0.3 is 4.57 Å². The van der Waals surface area contributed by atoms with Gasteiger partial charge in [0.05, 0.1) is 12.0 Å². The zero-order valence-electron chi connectivity index (χ0n) is 14.8. The molecular formula is C22H26N2. The average Bonchev–Trinajstić information content (AvgIpc) is 3.03. The number of imidazole rings is 1. The van der Waals surface area contributed by atoms with Gasteiger partial charge >= 0.3 is 0 Å². The van der Waals surface area contributed by atoms with Crippen LogP contribution in [0, 0.1) is 0 Å². The number of benzene rings is 2. The van der Waals surface area contributed by atoms with E-state index in [1.165, 1.54) is 16.7 Å². The standard InChI is InChI=1S/C22H26N2/c1-17(2)20-11-9-19(10-12-20)14-24-15-22(23-16-24)13-18(3)21-7-5-4-6-8-21/h4-12,15-18H,13-14H2,1-3H3. The summed E-state index contributed by atoms with van der Waals surface area (Å²) in [6.45, 7) is 7.60. The van der Waals surface area contributed by atoms with Crippen LogP contribution in [0.4, 0.5) is 0 Å². The Hall–Kier alpha value is -2.35. The smallest absolute Gasteiger partial charge is 0.0952 e. The van der Waals surface area contributed by atoms with Gasteiger partial charge in [-0.3, -0.25) is 0 Å². The van der Waals surface area contributed by atoms with Crippen molar-refractivity contribution in [2.75, 3.05) is 0 Å². The molecule has 1 aromatic heterocycles. The topological polar surface area (TPSA) is 17.8 Å². The van der Waals surface area contributed by atoms with E-state index in [0.717, 1.165) is 18.7 Å². The summed E-state index contributed by atoms with van der Waals surface area (Å²) in [5.74, 6) is 1.07. The fourth-order valence-electron chi connectivity index (χ4n) is 3.03. The molecule has 1 heterocycles. The number of nitrogens with zero attached hydrogens (tertiary/aromatic N) is 2. The van der Waals surface area contributed by atoms with Gasteiger partial charge in [-0.1, -0.05) is 75.4 Å². The maximum atomic E-state index is 4.59. The Morgan fingerprint density at radius 1 is 0.875 bits per heavy atom. The molecular weight excluding hydrogens is 292 g/mol. The molecule has 2 heteroatoms. The number of hydrogen-bond acceptors (Lipinski definition) is 1. The monoisotopic (exact) mass is 318 g/mol. The SMILES string of the molecule is CC(C)c1ccc(Cn2cnc(CC(C)c3ccccc3)c2)cc1. The molecule has 3 aromatic rings. The maximum Gasteiger partial charge on any atom is 0.0952 e. The lowest BCUT2D eigenvalue weighted by molar-refractivity contribution is 0.741. The van der Waals surface area contributed by atoms with E-state index >= 15 is 0 Å². The second-order valence-electron chi connectivity index (χ2n) is 6.95. The molecule has 1 atom stereocenters. The molecule has 0 saturated heterocycles. The van der Waals surface area contributed by atoms with Gasteiger partial charge in [0.1, 0.15) is 0 Å². The number of hydrogen-bond donors (Lipinski definition) is 0. The first-order valence-corrected chi connectivity index (χ1v) is 8.76. The molecule has 0 aliphatic carbocycles. The lowest BCUT2D eigenvalue weighted by Crippen LogP contribution is -1.99. The molecule has 2 nitrogen and oxygen atoms in total. The van der Waals surface area contributed by atoms with Gasteiger partial charge in [0, 0.05) is 12.7 Å². The zero-order valence-corrected chi connectivity index (χ0v) is 14.8. The first-order valence-electron chi connectivity index (χ1n) is 8.76. The van der Waals surface area contributed by atoms with Crippen molar-refractivity contribution in [3.8, 4) is 0 Å². The van der Waals surface area contributed by atoms with Crippen molar-refractivity contribution in [2.45, 2.75) is 45.6 Å². The number of rotatable bonds is 6. The largest absolute Gasteiger partial charge is 0.333 e. The van der Waals surface area contributed by atoms with E-state index in [-0.39, 0.29) is 0 Å². The van der Waals surface area contributed by atoms with Crippen molar-refractivity contribution in [3.05, 3.63) is 89.5 Å². The van der Waals surface area contributed by atoms with Crippen LogP contribution >= 0.6 is 0 Å². The van der Waals surface area contributed by atoms with E-state index in [2.05, 4.69) is 91.1 Å². The quantitative estimate of drug-likeness (QED) is 0.595. The summed E-state index contributed by atoms with van der Waals surface area (Å²) in [7, 11) is 0. The van der Waals surface area contributed by atoms with Crippen molar-refractivity contribution in [1.29, 1.82) is 0 Å². The summed E-state index contributed by atoms with van der Waals surface area (Å²) in [6.07, 6.45) is 5.10. The summed E-state index contributed by atoms with van der Waals surface area (Å²) in [5, 5.41) is 0. The molecule has 3 rings (SSSR count). The minimum atomic E-state index is 0.486. The Kier molecular flexibility index (Phi) is 5.14.